The summed E-state index contributed by atoms with van der Waals surface area (Å²) >= 11 is 0. The number of rotatable bonds is 9. The number of aromatic carboxylic acids is 1. The van der Waals surface area contributed by atoms with E-state index >= 15 is 0 Å². The van der Waals surface area contributed by atoms with Crippen LogP contribution in [-0.4, -0.2) is 98.3 Å². The van der Waals surface area contributed by atoms with Crippen molar-refractivity contribution in [2.75, 3.05) is 6.61 Å². The molecule has 0 spiro atoms. The number of aromatic nitrogens is 6. The predicted octanol–water partition coefficient (Wildman–Crippen LogP) is 1.57. The summed E-state index contributed by atoms with van der Waals surface area (Å²) in [4.78, 5) is 28.1. The van der Waals surface area contributed by atoms with Crippen LogP contribution in [-0.2, 0) is 16.1 Å². The number of nitrogens with zero attached hydrogens (tertiary/aromatic N) is 6. The second-order valence-corrected chi connectivity index (χ2v) is 10.3. The fraction of sp³-hybridized carbons (Fsp3) is 0.267. The Hall–Kier alpha value is -5.22. The lowest BCUT2D eigenvalue weighted by molar-refractivity contribution is -0.249. The lowest BCUT2D eigenvalue weighted by Gasteiger charge is -2.38. The number of carbonyl (C=O) groups is 2. The Balaban J connectivity index is 1.34. The van der Waals surface area contributed by atoms with E-state index in [2.05, 4.69) is 20.5 Å². The number of carboxylic acids is 2. The van der Waals surface area contributed by atoms with Crippen LogP contribution in [0, 0.1) is 0 Å². The zero-order valence-corrected chi connectivity index (χ0v) is 23.7. The maximum absolute atomic E-state index is 12.0. The second-order valence-electron chi connectivity index (χ2n) is 10.3. The number of carboxylic acid groups (broad SMARTS) is 2. The molecule has 1 fully saturated rings. The van der Waals surface area contributed by atoms with Gasteiger partial charge in [0.15, 0.2) is 18.2 Å². The van der Waals surface area contributed by atoms with Gasteiger partial charge in [0.2, 0.25) is 0 Å². The first-order valence-electron chi connectivity index (χ1n) is 13.9. The molecule has 1 aliphatic heterocycles. The first-order valence-corrected chi connectivity index (χ1v) is 13.9. The Morgan fingerprint density at radius 1 is 0.911 bits per heavy atom. The molecule has 0 bridgehead atoms. The van der Waals surface area contributed by atoms with Crippen molar-refractivity contribution in [3.63, 3.8) is 0 Å². The maximum Gasteiger partial charge on any atom is 0.337 e. The molecule has 2 aromatic heterocycles. The molecular formula is C30H28N6O9. The molecule has 0 amide bonds. The van der Waals surface area contributed by atoms with Gasteiger partial charge >= 0.3 is 11.9 Å². The van der Waals surface area contributed by atoms with E-state index < -0.39 is 42.6 Å². The molecule has 3 aromatic carbocycles. The topological polar surface area (TPSA) is 215 Å². The van der Waals surface area contributed by atoms with Gasteiger partial charge in [-0.25, -0.2) is 9.59 Å². The maximum atomic E-state index is 12.0. The van der Waals surface area contributed by atoms with Crippen LogP contribution in [0.4, 0.5) is 0 Å². The monoisotopic (exact) mass is 616 g/mol. The van der Waals surface area contributed by atoms with Gasteiger partial charge < -0.3 is 35.0 Å². The summed E-state index contributed by atoms with van der Waals surface area (Å²) in [7, 11) is 0. The van der Waals surface area contributed by atoms with Gasteiger partial charge in [0, 0.05) is 5.56 Å². The van der Waals surface area contributed by atoms with E-state index in [1.54, 1.807) is 28.8 Å². The predicted molar refractivity (Wildman–Crippen MR) is 155 cm³/mol. The molecule has 1 aliphatic rings. The average Bonchev–Trinajstić information content (AvgIpc) is 3.65. The number of ether oxygens (including phenoxy) is 2. The highest BCUT2D eigenvalue weighted by Crippen LogP contribution is 2.35. The summed E-state index contributed by atoms with van der Waals surface area (Å²) in [6.07, 6.45) is -8.75. The number of hydrogen-bond acceptors (Lipinski definition) is 11. The summed E-state index contributed by atoms with van der Waals surface area (Å²) in [6.45, 7) is 2.45. The number of benzene rings is 3. The molecule has 0 unspecified atom stereocenters. The first kappa shape index (κ1) is 29.8. The molecule has 0 radical (unpaired) electrons. The zero-order chi connectivity index (χ0) is 31.8. The Bertz CT molecular complexity index is 1870. The summed E-state index contributed by atoms with van der Waals surface area (Å²) in [6, 6.07) is 19.8. The lowest BCUT2D eigenvalue weighted by atomic mass is 9.96. The molecule has 6 rings (SSSR count). The summed E-state index contributed by atoms with van der Waals surface area (Å²) < 4.78 is 14.0. The Morgan fingerprint density at radius 3 is 2.33 bits per heavy atom. The van der Waals surface area contributed by atoms with Gasteiger partial charge in [0.25, 0.3) is 6.01 Å². The molecule has 45 heavy (non-hydrogen) atoms. The third kappa shape index (κ3) is 5.38. The summed E-state index contributed by atoms with van der Waals surface area (Å²) in [5.41, 5.74) is 3.88. The van der Waals surface area contributed by atoms with Crippen molar-refractivity contribution in [3.05, 3.63) is 77.9 Å². The number of aliphatic hydroxyl groups is 3. The highest BCUT2D eigenvalue weighted by molar-refractivity contribution is 6.01. The molecule has 3 heterocycles. The van der Waals surface area contributed by atoms with Gasteiger partial charge in [0.05, 0.1) is 29.7 Å². The number of aliphatic carboxylic acids is 1. The third-order valence-corrected chi connectivity index (χ3v) is 7.57. The Morgan fingerprint density at radius 2 is 1.64 bits per heavy atom. The van der Waals surface area contributed by atoms with Crippen LogP contribution in [0.1, 0.15) is 29.1 Å². The minimum atomic E-state index is -1.86. The number of para-hydroxylation sites is 1. The van der Waals surface area contributed by atoms with Crippen molar-refractivity contribution >= 4 is 23.0 Å². The van der Waals surface area contributed by atoms with Gasteiger partial charge in [-0.15, -0.1) is 5.10 Å². The van der Waals surface area contributed by atoms with E-state index in [9.17, 15) is 35.1 Å². The van der Waals surface area contributed by atoms with Crippen molar-refractivity contribution in [3.8, 4) is 28.5 Å². The van der Waals surface area contributed by atoms with Gasteiger partial charge in [-0.2, -0.15) is 9.67 Å². The second kappa shape index (κ2) is 12.0. The molecule has 1 saturated heterocycles. The van der Waals surface area contributed by atoms with Gasteiger partial charge in [-0.1, -0.05) is 54.6 Å². The molecule has 15 nitrogen and oxygen atoms in total. The van der Waals surface area contributed by atoms with Crippen molar-refractivity contribution in [2.24, 2.45) is 0 Å². The van der Waals surface area contributed by atoms with E-state index in [0.717, 1.165) is 15.8 Å². The van der Waals surface area contributed by atoms with Crippen molar-refractivity contribution in [1.82, 2.24) is 29.8 Å². The van der Waals surface area contributed by atoms with Crippen LogP contribution in [0.25, 0.3) is 33.5 Å². The SMILES string of the molecule is CCOc1nc2cccc(C(=O)O)c2n1Cc1ccc(-c2ccccc2-c2nnnn2[C@H]2O[C@H](C(=O)O)[C@H](O)[C@@H](O)[C@@H]2O)cc1. The van der Waals surface area contributed by atoms with Gasteiger partial charge in [0.1, 0.15) is 18.3 Å². The van der Waals surface area contributed by atoms with E-state index in [4.69, 9.17) is 9.47 Å². The van der Waals surface area contributed by atoms with Crippen LogP contribution in [0.15, 0.2) is 66.7 Å². The van der Waals surface area contributed by atoms with Crippen LogP contribution < -0.4 is 4.74 Å². The zero-order valence-electron chi connectivity index (χ0n) is 23.7. The molecule has 5 aromatic rings. The number of hydrogen-bond donors (Lipinski definition) is 5. The average molecular weight is 617 g/mol. The van der Waals surface area contributed by atoms with Crippen LogP contribution in [0.2, 0.25) is 0 Å². The number of aliphatic hydroxyl groups excluding tert-OH is 3. The van der Waals surface area contributed by atoms with Crippen molar-refractivity contribution < 1.29 is 44.6 Å². The Labute approximate surface area is 254 Å². The highest BCUT2D eigenvalue weighted by atomic mass is 16.6. The largest absolute Gasteiger partial charge is 0.479 e. The molecule has 0 saturated carbocycles. The fourth-order valence-corrected chi connectivity index (χ4v) is 5.43. The lowest BCUT2D eigenvalue weighted by Crippen LogP contribution is -2.58. The van der Waals surface area contributed by atoms with Gasteiger partial charge in [-0.05, 0) is 46.2 Å². The van der Waals surface area contributed by atoms with E-state index in [-0.39, 0.29) is 17.9 Å². The molecule has 0 aliphatic carbocycles. The van der Waals surface area contributed by atoms with E-state index in [0.29, 0.717) is 34.8 Å². The minimum absolute atomic E-state index is 0.109. The Kier molecular flexibility index (Phi) is 7.99. The molecule has 5 N–H and O–H groups in total. The number of imidazole rings is 1. The van der Waals surface area contributed by atoms with Crippen LogP contribution >= 0.6 is 0 Å². The van der Waals surface area contributed by atoms with Crippen LogP contribution in [0.3, 0.4) is 0 Å². The number of fused-ring (bicyclic) bond motifs is 1. The van der Waals surface area contributed by atoms with Crippen molar-refractivity contribution in [2.45, 2.75) is 44.1 Å². The molecule has 15 heteroatoms. The molecule has 232 valence electrons. The standard InChI is InChI=1S/C30H28N6O9/c1-2-44-30-31-20-9-5-8-19(28(40)41)21(20)35(30)14-15-10-12-16(13-11-15)17-6-3-4-7-18(17)26-32-33-34-36(26)27-24(39)22(37)23(38)25(45-27)29(42)43/h3-13,22-25,27,37-39H,2,14H2,1H3,(H,40,41)(H,42,43)/t22-,23-,24+,25+,27+/m1/s1. The molecular weight excluding hydrogens is 588 g/mol. The normalized spacial score (nSPS) is 21.6. The fourth-order valence-electron chi connectivity index (χ4n) is 5.43. The molecule has 5 atom stereocenters. The first-order chi connectivity index (χ1) is 21.7. The highest BCUT2D eigenvalue weighted by Gasteiger charge is 2.48. The summed E-state index contributed by atoms with van der Waals surface area (Å²) in [5.74, 6) is -2.47. The van der Waals surface area contributed by atoms with E-state index in [1.807, 2.05) is 43.3 Å². The smallest absolute Gasteiger partial charge is 0.337 e. The van der Waals surface area contributed by atoms with Crippen molar-refractivity contribution in [1.29, 1.82) is 0 Å². The number of tetrazole rings is 1. The van der Waals surface area contributed by atoms with Crippen LogP contribution in [0.5, 0.6) is 6.01 Å². The third-order valence-electron chi connectivity index (χ3n) is 7.57. The minimum Gasteiger partial charge on any atom is -0.479 e. The van der Waals surface area contributed by atoms with E-state index in [1.165, 1.54) is 6.07 Å². The summed E-state index contributed by atoms with van der Waals surface area (Å²) in [5, 5.41) is 62.0. The quantitative estimate of drug-likeness (QED) is 0.159. The van der Waals surface area contributed by atoms with Gasteiger partial charge in [-0.3, -0.25) is 4.57 Å².